The normalized spacial score (nSPS) is 17.8. The van der Waals surface area contributed by atoms with Gasteiger partial charge in [-0.05, 0) is 24.3 Å². The first kappa shape index (κ1) is 11.6. The molecule has 2 N–H and O–H groups in total. The average molecular weight is 239 g/mol. The van der Waals surface area contributed by atoms with Crippen LogP contribution >= 0.6 is 11.3 Å². The Labute approximate surface area is 99.6 Å². The van der Waals surface area contributed by atoms with Crippen LogP contribution in [-0.4, -0.2) is 19.1 Å². The molecule has 1 saturated carbocycles. The monoisotopic (exact) mass is 239 g/mol. The summed E-state index contributed by atoms with van der Waals surface area (Å²) >= 11 is 1.69. The van der Waals surface area contributed by atoms with Crippen LogP contribution in [0, 0.1) is 5.41 Å². The van der Waals surface area contributed by atoms with Crippen LogP contribution in [0.15, 0.2) is 17.5 Å². The highest BCUT2D eigenvalue weighted by molar-refractivity contribution is 7.09. The first-order valence-corrected chi connectivity index (χ1v) is 6.54. The van der Waals surface area contributed by atoms with Crippen LogP contribution < -0.4 is 5.73 Å². The van der Waals surface area contributed by atoms with Crippen molar-refractivity contribution in [1.82, 2.24) is 0 Å². The van der Waals surface area contributed by atoms with E-state index in [9.17, 15) is 4.79 Å². The van der Waals surface area contributed by atoms with Crippen molar-refractivity contribution < 1.29 is 9.53 Å². The number of ether oxygens (including phenoxy) is 1. The van der Waals surface area contributed by atoms with E-state index < -0.39 is 0 Å². The highest BCUT2D eigenvalue weighted by Gasteiger charge is 2.44. The topological polar surface area (TPSA) is 52.3 Å². The van der Waals surface area contributed by atoms with Crippen LogP contribution in [0.3, 0.4) is 0 Å². The third-order valence-electron chi connectivity index (χ3n) is 3.30. The summed E-state index contributed by atoms with van der Waals surface area (Å²) in [6, 6.07) is 4.07. The molecular formula is C12H17NO2S. The van der Waals surface area contributed by atoms with Gasteiger partial charge >= 0.3 is 5.97 Å². The van der Waals surface area contributed by atoms with E-state index in [4.69, 9.17) is 10.5 Å². The summed E-state index contributed by atoms with van der Waals surface area (Å²) in [6.07, 6.45) is 3.68. The van der Waals surface area contributed by atoms with E-state index in [0.717, 1.165) is 25.7 Å². The molecule has 0 aliphatic heterocycles. The molecule has 1 aliphatic rings. The van der Waals surface area contributed by atoms with Crippen molar-refractivity contribution in [3.63, 3.8) is 0 Å². The van der Waals surface area contributed by atoms with Crippen LogP contribution in [0.25, 0.3) is 0 Å². The zero-order valence-corrected chi connectivity index (χ0v) is 10.1. The summed E-state index contributed by atoms with van der Waals surface area (Å²) < 4.78 is 5.30. The van der Waals surface area contributed by atoms with Gasteiger partial charge < -0.3 is 10.5 Å². The Morgan fingerprint density at radius 1 is 1.56 bits per heavy atom. The van der Waals surface area contributed by atoms with Gasteiger partial charge in [0.05, 0.1) is 12.0 Å². The largest absolute Gasteiger partial charge is 0.465 e. The van der Waals surface area contributed by atoms with E-state index in [-0.39, 0.29) is 11.4 Å². The van der Waals surface area contributed by atoms with E-state index >= 15 is 0 Å². The summed E-state index contributed by atoms with van der Waals surface area (Å²) in [5.41, 5.74) is 5.29. The van der Waals surface area contributed by atoms with Gasteiger partial charge in [-0.25, -0.2) is 0 Å². The molecule has 0 amide bonds. The van der Waals surface area contributed by atoms with Crippen molar-refractivity contribution in [2.45, 2.75) is 25.7 Å². The third-order valence-corrected chi connectivity index (χ3v) is 4.23. The Bertz CT molecular complexity index is 338. The molecular weight excluding hydrogens is 222 g/mol. The second kappa shape index (κ2) is 4.97. The number of carbonyl (C=O) groups is 1. The number of esters is 1. The molecule has 0 atom stereocenters. The number of carbonyl (C=O) groups excluding carboxylic acids is 1. The molecule has 1 aromatic heterocycles. The van der Waals surface area contributed by atoms with Crippen LogP contribution in [0.1, 0.15) is 24.1 Å². The molecule has 4 heteroatoms. The summed E-state index contributed by atoms with van der Waals surface area (Å²) in [5.74, 6) is -0.0993. The molecule has 0 saturated heterocycles. The Balaban J connectivity index is 1.75. The van der Waals surface area contributed by atoms with Gasteiger partial charge in [0.15, 0.2) is 0 Å². The van der Waals surface area contributed by atoms with E-state index in [0.29, 0.717) is 13.2 Å². The summed E-state index contributed by atoms with van der Waals surface area (Å²) in [6.45, 7) is 0.895. The lowest BCUT2D eigenvalue weighted by Crippen LogP contribution is -2.45. The van der Waals surface area contributed by atoms with Crippen molar-refractivity contribution in [3.05, 3.63) is 22.4 Å². The van der Waals surface area contributed by atoms with Crippen LogP contribution in [-0.2, 0) is 16.0 Å². The smallest absolute Gasteiger partial charge is 0.313 e. The fraction of sp³-hybridized carbons (Fsp3) is 0.583. The van der Waals surface area contributed by atoms with Gasteiger partial charge in [-0.1, -0.05) is 12.5 Å². The summed E-state index contributed by atoms with van der Waals surface area (Å²) in [4.78, 5) is 13.1. The van der Waals surface area contributed by atoms with Crippen molar-refractivity contribution in [2.75, 3.05) is 13.2 Å². The lowest BCUT2D eigenvalue weighted by atomic mass is 9.69. The quantitative estimate of drug-likeness (QED) is 0.799. The summed E-state index contributed by atoms with van der Waals surface area (Å²) in [5, 5.41) is 2.03. The lowest BCUT2D eigenvalue weighted by Gasteiger charge is -2.37. The molecule has 0 aromatic carbocycles. The minimum atomic E-state index is -0.352. The maximum Gasteiger partial charge on any atom is 0.313 e. The number of thiophene rings is 1. The van der Waals surface area contributed by atoms with E-state index in [1.54, 1.807) is 11.3 Å². The molecule has 1 aromatic rings. The molecule has 1 aliphatic carbocycles. The Morgan fingerprint density at radius 2 is 2.38 bits per heavy atom. The average Bonchev–Trinajstić information content (AvgIpc) is 2.70. The minimum Gasteiger partial charge on any atom is -0.465 e. The molecule has 1 heterocycles. The Morgan fingerprint density at radius 3 is 2.88 bits per heavy atom. The molecule has 88 valence electrons. The SMILES string of the molecule is NCC1(C(=O)OCCc2cccs2)CCC1. The fourth-order valence-corrected chi connectivity index (χ4v) is 2.64. The van der Waals surface area contributed by atoms with Gasteiger partial charge in [-0.15, -0.1) is 11.3 Å². The standard InChI is InChI=1S/C12H17NO2S/c13-9-12(5-2-6-12)11(14)15-7-4-10-3-1-8-16-10/h1,3,8H,2,4-7,9,13H2. The van der Waals surface area contributed by atoms with Crippen LogP contribution in [0.5, 0.6) is 0 Å². The maximum atomic E-state index is 11.8. The molecule has 3 nitrogen and oxygen atoms in total. The fourth-order valence-electron chi connectivity index (χ4n) is 1.95. The number of hydrogen-bond acceptors (Lipinski definition) is 4. The number of rotatable bonds is 5. The molecule has 1 fully saturated rings. The first-order valence-electron chi connectivity index (χ1n) is 5.66. The molecule has 2 rings (SSSR count). The van der Waals surface area contributed by atoms with Gasteiger partial charge in [0.2, 0.25) is 0 Å². The maximum absolute atomic E-state index is 11.8. The molecule has 0 radical (unpaired) electrons. The molecule has 16 heavy (non-hydrogen) atoms. The second-order valence-electron chi connectivity index (χ2n) is 4.30. The van der Waals surface area contributed by atoms with Crippen LogP contribution in [0.4, 0.5) is 0 Å². The van der Waals surface area contributed by atoms with Gasteiger partial charge in [-0.2, -0.15) is 0 Å². The zero-order valence-electron chi connectivity index (χ0n) is 9.28. The Hall–Kier alpha value is -0.870. The molecule has 0 unspecified atom stereocenters. The van der Waals surface area contributed by atoms with E-state index in [1.165, 1.54) is 4.88 Å². The first-order chi connectivity index (χ1) is 7.77. The highest BCUT2D eigenvalue weighted by Crippen LogP contribution is 2.40. The minimum absolute atomic E-state index is 0.0993. The van der Waals surface area contributed by atoms with Crippen LogP contribution in [0.2, 0.25) is 0 Å². The molecule has 0 bridgehead atoms. The van der Waals surface area contributed by atoms with Crippen molar-refractivity contribution in [1.29, 1.82) is 0 Å². The second-order valence-corrected chi connectivity index (χ2v) is 5.34. The van der Waals surface area contributed by atoms with Gasteiger partial charge in [0.1, 0.15) is 0 Å². The van der Waals surface area contributed by atoms with Gasteiger partial charge in [-0.3, -0.25) is 4.79 Å². The summed E-state index contributed by atoms with van der Waals surface area (Å²) in [7, 11) is 0. The zero-order chi connectivity index (χ0) is 11.4. The number of hydrogen-bond donors (Lipinski definition) is 1. The van der Waals surface area contributed by atoms with E-state index in [1.807, 2.05) is 11.4 Å². The van der Waals surface area contributed by atoms with Gasteiger partial charge in [0.25, 0.3) is 0 Å². The van der Waals surface area contributed by atoms with Gasteiger partial charge in [0, 0.05) is 17.8 Å². The van der Waals surface area contributed by atoms with Crippen molar-refractivity contribution in [2.24, 2.45) is 11.1 Å². The number of nitrogens with two attached hydrogens (primary N) is 1. The third kappa shape index (κ3) is 2.28. The van der Waals surface area contributed by atoms with Crippen molar-refractivity contribution >= 4 is 17.3 Å². The Kier molecular flexibility index (Phi) is 3.61. The highest BCUT2D eigenvalue weighted by atomic mass is 32.1. The predicted molar refractivity (Wildman–Crippen MR) is 64.3 cm³/mol. The molecule has 0 spiro atoms. The van der Waals surface area contributed by atoms with Crippen molar-refractivity contribution in [3.8, 4) is 0 Å². The van der Waals surface area contributed by atoms with E-state index in [2.05, 4.69) is 6.07 Å². The predicted octanol–water partition coefficient (Wildman–Crippen LogP) is 1.96. The lowest BCUT2D eigenvalue weighted by molar-refractivity contribution is -0.160.